The fourth-order valence-corrected chi connectivity index (χ4v) is 3.74. The molecule has 0 saturated carbocycles. The number of nitrogens with one attached hydrogen (secondary N) is 1. The molecule has 2 heterocycles. The number of carbonyl (C=O) groups excluding carboxylic acids is 1. The molecule has 0 saturated heterocycles. The van der Waals surface area contributed by atoms with Crippen LogP contribution in [0.4, 0.5) is 11.5 Å². The van der Waals surface area contributed by atoms with E-state index in [0.29, 0.717) is 16.6 Å². The Kier molecular flexibility index (Phi) is 5.46. The second-order valence-corrected chi connectivity index (χ2v) is 7.42. The topological polar surface area (TPSA) is 112 Å². The Morgan fingerprint density at radius 1 is 1.19 bits per heavy atom. The molecule has 156 valence electrons. The summed E-state index contributed by atoms with van der Waals surface area (Å²) in [5.74, 6) is 0.703. The van der Waals surface area contributed by atoms with Crippen LogP contribution in [0.25, 0.3) is 16.4 Å². The maximum atomic E-state index is 12.7. The molecule has 9 nitrogen and oxygen atoms in total. The maximum Gasteiger partial charge on any atom is 0.270 e. The number of aromatic nitrogens is 3. The number of nitro groups is 1. The number of nitro benzene ring substituents is 1. The summed E-state index contributed by atoms with van der Waals surface area (Å²) in [6.45, 7) is 1.80. The number of thiazole rings is 1. The highest BCUT2D eigenvalue weighted by molar-refractivity contribution is 7.12. The summed E-state index contributed by atoms with van der Waals surface area (Å²) >= 11 is 1.38. The monoisotopic (exact) mass is 435 g/mol. The van der Waals surface area contributed by atoms with Gasteiger partial charge < -0.3 is 10.1 Å². The van der Waals surface area contributed by atoms with Gasteiger partial charge in [-0.1, -0.05) is 6.07 Å². The van der Waals surface area contributed by atoms with Crippen molar-refractivity contribution in [1.82, 2.24) is 14.8 Å². The molecule has 1 N–H and O–H groups in total. The molecule has 0 radical (unpaired) electrons. The molecule has 1 amide bonds. The number of hydrogen-bond acceptors (Lipinski definition) is 7. The lowest BCUT2D eigenvalue weighted by Crippen LogP contribution is -2.15. The van der Waals surface area contributed by atoms with Gasteiger partial charge in [0.25, 0.3) is 11.6 Å². The van der Waals surface area contributed by atoms with E-state index in [1.54, 1.807) is 24.8 Å². The SMILES string of the molecule is COc1ccc(-c2csc(-n3nc(C)cc3NC(=O)c3cccc([N+](=O)[O-])c3)n2)cc1. The molecule has 4 aromatic rings. The zero-order chi connectivity index (χ0) is 22.0. The number of aryl methyl sites for hydroxylation is 1. The summed E-state index contributed by atoms with van der Waals surface area (Å²) in [7, 11) is 1.61. The van der Waals surface area contributed by atoms with E-state index >= 15 is 0 Å². The van der Waals surface area contributed by atoms with E-state index in [2.05, 4.69) is 15.4 Å². The second-order valence-electron chi connectivity index (χ2n) is 6.59. The van der Waals surface area contributed by atoms with Crippen LogP contribution in [-0.2, 0) is 0 Å². The Morgan fingerprint density at radius 3 is 2.68 bits per heavy atom. The van der Waals surface area contributed by atoms with Crippen LogP contribution in [0.15, 0.2) is 60.0 Å². The number of benzene rings is 2. The molecule has 2 aromatic heterocycles. The first kappa shape index (κ1) is 20.2. The largest absolute Gasteiger partial charge is 0.497 e. The third-order valence-corrected chi connectivity index (χ3v) is 5.27. The van der Waals surface area contributed by atoms with E-state index in [9.17, 15) is 14.9 Å². The number of methoxy groups -OCH3 is 1. The van der Waals surface area contributed by atoms with E-state index in [1.807, 2.05) is 29.6 Å². The zero-order valence-corrected chi connectivity index (χ0v) is 17.4. The summed E-state index contributed by atoms with van der Waals surface area (Å²) in [5.41, 5.74) is 2.41. The third kappa shape index (κ3) is 4.28. The summed E-state index contributed by atoms with van der Waals surface area (Å²) in [5, 5.41) is 20.7. The van der Waals surface area contributed by atoms with Crippen LogP contribution in [0.1, 0.15) is 16.1 Å². The standard InChI is InChI=1S/C21H17N5O4S/c1-13-10-19(23-20(27)15-4-3-5-16(11-15)26(28)29)25(24-13)21-22-18(12-31-21)14-6-8-17(30-2)9-7-14/h3-12H,1-2H3,(H,23,27). The molecule has 0 unspecified atom stereocenters. The summed E-state index contributed by atoms with van der Waals surface area (Å²) in [4.78, 5) is 27.7. The Labute approximate surface area is 181 Å². The van der Waals surface area contributed by atoms with Crippen molar-refractivity contribution in [3.63, 3.8) is 0 Å². The van der Waals surface area contributed by atoms with E-state index in [1.165, 1.54) is 35.6 Å². The molecule has 0 aliphatic rings. The Bertz CT molecular complexity index is 1260. The van der Waals surface area contributed by atoms with Gasteiger partial charge in [0.1, 0.15) is 11.6 Å². The predicted octanol–water partition coefficient (Wildman–Crippen LogP) is 4.47. The predicted molar refractivity (Wildman–Crippen MR) is 117 cm³/mol. The first-order valence-corrected chi connectivity index (χ1v) is 10.1. The average Bonchev–Trinajstić information content (AvgIpc) is 3.40. The minimum atomic E-state index is -0.540. The first-order valence-electron chi connectivity index (χ1n) is 9.17. The number of carbonyl (C=O) groups is 1. The van der Waals surface area contributed by atoms with Crippen molar-refractivity contribution in [2.45, 2.75) is 6.92 Å². The molecule has 0 spiro atoms. The Hall–Kier alpha value is -4.05. The molecule has 0 atom stereocenters. The summed E-state index contributed by atoms with van der Waals surface area (Å²) < 4.78 is 6.73. The van der Waals surface area contributed by atoms with Crippen LogP contribution < -0.4 is 10.1 Å². The number of ether oxygens (including phenoxy) is 1. The summed E-state index contributed by atoms with van der Waals surface area (Å²) in [6, 6.07) is 14.8. The number of amides is 1. The molecule has 0 fully saturated rings. The van der Waals surface area contributed by atoms with Gasteiger partial charge in [-0.2, -0.15) is 9.78 Å². The van der Waals surface area contributed by atoms with E-state index in [-0.39, 0.29) is 11.3 Å². The minimum Gasteiger partial charge on any atom is -0.497 e. The van der Waals surface area contributed by atoms with Crippen LogP contribution in [-0.4, -0.2) is 32.7 Å². The first-order chi connectivity index (χ1) is 14.9. The lowest BCUT2D eigenvalue weighted by atomic mass is 10.2. The van der Waals surface area contributed by atoms with Gasteiger partial charge in [0.2, 0.25) is 5.13 Å². The van der Waals surface area contributed by atoms with Crippen molar-refractivity contribution in [2.75, 3.05) is 12.4 Å². The number of nitrogens with zero attached hydrogens (tertiary/aromatic N) is 4. The molecule has 0 bridgehead atoms. The Balaban J connectivity index is 1.60. The van der Waals surface area contributed by atoms with E-state index < -0.39 is 10.8 Å². The molecular formula is C21H17N5O4S. The highest BCUT2D eigenvalue weighted by Gasteiger charge is 2.17. The second kappa shape index (κ2) is 8.36. The van der Waals surface area contributed by atoms with Crippen molar-refractivity contribution in [3.8, 4) is 22.1 Å². The fraction of sp³-hybridized carbons (Fsp3) is 0.0952. The quantitative estimate of drug-likeness (QED) is 0.353. The lowest BCUT2D eigenvalue weighted by molar-refractivity contribution is -0.384. The van der Waals surface area contributed by atoms with Crippen LogP contribution in [0.5, 0.6) is 5.75 Å². The normalized spacial score (nSPS) is 10.6. The van der Waals surface area contributed by atoms with Gasteiger partial charge in [0.05, 0.1) is 23.4 Å². The average molecular weight is 435 g/mol. The van der Waals surface area contributed by atoms with Gasteiger partial charge in [-0.05, 0) is 37.3 Å². The highest BCUT2D eigenvalue weighted by Crippen LogP contribution is 2.28. The van der Waals surface area contributed by atoms with Crippen molar-refractivity contribution in [3.05, 3.63) is 81.3 Å². The number of non-ortho nitro benzene ring substituents is 1. The number of hydrogen-bond donors (Lipinski definition) is 1. The van der Waals surface area contributed by atoms with Crippen LogP contribution in [0.3, 0.4) is 0 Å². The van der Waals surface area contributed by atoms with E-state index in [0.717, 1.165) is 17.0 Å². The lowest BCUT2D eigenvalue weighted by Gasteiger charge is -2.06. The van der Waals surface area contributed by atoms with Gasteiger partial charge >= 0.3 is 0 Å². The molecule has 31 heavy (non-hydrogen) atoms. The fourth-order valence-electron chi connectivity index (χ4n) is 2.94. The van der Waals surface area contributed by atoms with Crippen molar-refractivity contribution in [1.29, 1.82) is 0 Å². The van der Waals surface area contributed by atoms with E-state index in [4.69, 9.17) is 4.74 Å². The minimum absolute atomic E-state index is 0.151. The maximum absolute atomic E-state index is 12.7. The highest BCUT2D eigenvalue weighted by atomic mass is 32.1. The van der Waals surface area contributed by atoms with Crippen molar-refractivity contribution in [2.24, 2.45) is 0 Å². The molecule has 2 aromatic carbocycles. The van der Waals surface area contributed by atoms with Gasteiger partial charge in [-0.25, -0.2) is 4.98 Å². The van der Waals surface area contributed by atoms with Crippen LogP contribution in [0.2, 0.25) is 0 Å². The molecule has 0 aliphatic heterocycles. The van der Waals surface area contributed by atoms with Crippen LogP contribution in [0, 0.1) is 17.0 Å². The van der Waals surface area contributed by atoms with Gasteiger partial charge in [0, 0.05) is 34.7 Å². The third-order valence-electron chi connectivity index (χ3n) is 4.45. The zero-order valence-electron chi connectivity index (χ0n) is 16.6. The Morgan fingerprint density at radius 2 is 1.97 bits per heavy atom. The van der Waals surface area contributed by atoms with Crippen molar-refractivity contribution >= 4 is 28.7 Å². The molecule has 4 rings (SSSR count). The van der Waals surface area contributed by atoms with Gasteiger partial charge in [-0.3, -0.25) is 14.9 Å². The molecule has 0 aliphatic carbocycles. The van der Waals surface area contributed by atoms with Gasteiger partial charge in [0.15, 0.2) is 0 Å². The smallest absolute Gasteiger partial charge is 0.270 e. The molecular weight excluding hydrogens is 418 g/mol. The number of anilines is 1. The van der Waals surface area contributed by atoms with Gasteiger partial charge in [-0.15, -0.1) is 11.3 Å². The van der Waals surface area contributed by atoms with Crippen molar-refractivity contribution < 1.29 is 14.5 Å². The summed E-state index contributed by atoms with van der Waals surface area (Å²) in [6.07, 6.45) is 0. The molecule has 10 heteroatoms. The van der Waals surface area contributed by atoms with Crippen LogP contribution >= 0.6 is 11.3 Å². The number of rotatable bonds is 6.